The summed E-state index contributed by atoms with van der Waals surface area (Å²) in [6.07, 6.45) is 3.72. The lowest BCUT2D eigenvalue weighted by molar-refractivity contribution is -0.123. The van der Waals surface area contributed by atoms with Crippen LogP contribution in [-0.4, -0.2) is 58.8 Å². The van der Waals surface area contributed by atoms with E-state index in [1.54, 1.807) is 20.4 Å². The van der Waals surface area contributed by atoms with Gasteiger partial charge in [0.05, 0.1) is 43.4 Å². The molecule has 1 unspecified atom stereocenters. The zero-order valence-corrected chi connectivity index (χ0v) is 21.3. The molecule has 0 bridgehead atoms. The lowest BCUT2D eigenvalue weighted by Gasteiger charge is -2.35. The van der Waals surface area contributed by atoms with E-state index in [1.165, 1.54) is 5.56 Å². The van der Waals surface area contributed by atoms with Gasteiger partial charge in [-0.25, -0.2) is 9.50 Å². The highest BCUT2D eigenvalue weighted by molar-refractivity contribution is 5.79. The Hall–Kier alpha value is -4.11. The predicted molar refractivity (Wildman–Crippen MR) is 143 cm³/mol. The number of carbonyl (C=O) groups is 1. The Bertz CT molecular complexity index is 1410. The van der Waals surface area contributed by atoms with Crippen molar-refractivity contribution in [3.8, 4) is 22.8 Å². The third kappa shape index (κ3) is 4.95. The fourth-order valence-electron chi connectivity index (χ4n) is 5.00. The molecule has 1 aliphatic heterocycles. The van der Waals surface area contributed by atoms with Gasteiger partial charge < -0.3 is 20.5 Å². The molecular formula is C28H32N6O3. The van der Waals surface area contributed by atoms with Crippen LogP contribution < -0.4 is 20.5 Å². The van der Waals surface area contributed by atoms with E-state index in [2.05, 4.69) is 27.3 Å². The molecule has 0 radical (unpaired) electrons. The van der Waals surface area contributed by atoms with Gasteiger partial charge in [0.25, 0.3) is 0 Å². The van der Waals surface area contributed by atoms with Gasteiger partial charge in [0.1, 0.15) is 11.5 Å². The van der Waals surface area contributed by atoms with Gasteiger partial charge in [0, 0.05) is 5.56 Å². The van der Waals surface area contributed by atoms with Crippen LogP contribution >= 0.6 is 0 Å². The number of piperidine rings is 1. The van der Waals surface area contributed by atoms with Gasteiger partial charge in [-0.2, -0.15) is 0 Å². The van der Waals surface area contributed by atoms with Crippen LogP contribution in [0.5, 0.6) is 11.5 Å². The summed E-state index contributed by atoms with van der Waals surface area (Å²) in [5.41, 5.74) is 10.2. The third-order valence-electron chi connectivity index (χ3n) is 7.21. The normalized spacial score (nSPS) is 15.4. The van der Waals surface area contributed by atoms with Gasteiger partial charge in [-0.1, -0.05) is 18.2 Å². The highest BCUT2D eigenvalue weighted by atomic mass is 16.5. The number of amides is 1. The van der Waals surface area contributed by atoms with Gasteiger partial charge in [-0.15, -0.1) is 5.10 Å². The van der Waals surface area contributed by atoms with Crippen LogP contribution in [-0.2, 0) is 4.79 Å². The van der Waals surface area contributed by atoms with Gasteiger partial charge >= 0.3 is 0 Å². The fourth-order valence-corrected chi connectivity index (χ4v) is 5.00. The van der Waals surface area contributed by atoms with Crippen molar-refractivity contribution in [2.75, 3.05) is 32.6 Å². The molecule has 1 aliphatic rings. The number of primary amides is 1. The number of nitrogens with two attached hydrogens (primary N) is 1. The minimum Gasteiger partial charge on any atom is -0.496 e. The Kier molecular flexibility index (Phi) is 6.96. The monoisotopic (exact) mass is 500 g/mol. The van der Waals surface area contributed by atoms with Gasteiger partial charge in [-0.3, -0.25) is 9.69 Å². The number of aromatic nitrogens is 3. The molecule has 192 valence electrons. The van der Waals surface area contributed by atoms with Crippen molar-refractivity contribution in [1.82, 2.24) is 19.5 Å². The molecule has 1 atom stereocenters. The highest BCUT2D eigenvalue weighted by Crippen LogP contribution is 2.35. The summed E-state index contributed by atoms with van der Waals surface area (Å²) in [6.45, 7) is 3.56. The van der Waals surface area contributed by atoms with Gasteiger partial charge in [-0.05, 0) is 80.7 Å². The van der Waals surface area contributed by atoms with Gasteiger partial charge in [0.15, 0.2) is 0 Å². The number of nitrogens with zero attached hydrogens (tertiary/aromatic N) is 4. The van der Waals surface area contributed by atoms with E-state index in [4.69, 9.17) is 20.3 Å². The van der Waals surface area contributed by atoms with Crippen LogP contribution in [0.4, 0.5) is 11.6 Å². The van der Waals surface area contributed by atoms with Crippen LogP contribution in [0.1, 0.15) is 31.2 Å². The Balaban J connectivity index is 1.36. The van der Waals surface area contributed by atoms with Gasteiger partial charge in [0.2, 0.25) is 11.9 Å². The second-order valence-electron chi connectivity index (χ2n) is 9.31. The number of carbonyl (C=O) groups excluding carboxylic acids is 1. The van der Waals surface area contributed by atoms with Crippen molar-refractivity contribution in [2.24, 2.45) is 5.73 Å². The van der Waals surface area contributed by atoms with Crippen LogP contribution in [0.3, 0.4) is 0 Å². The Labute approximate surface area is 216 Å². The van der Waals surface area contributed by atoms with Crippen molar-refractivity contribution >= 4 is 23.1 Å². The number of methoxy groups -OCH3 is 2. The molecule has 0 aliphatic carbocycles. The fraction of sp³-hybridized carbons (Fsp3) is 0.321. The van der Waals surface area contributed by atoms with E-state index < -0.39 is 0 Å². The van der Waals surface area contributed by atoms with Crippen LogP contribution in [0, 0.1) is 0 Å². The van der Waals surface area contributed by atoms with Crippen molar-refractivity contribution in [3.63, 3.8) is 0 Å². The quantitative estimate of drug-likeness (QED) is 0.373. The zero-order valence-electron chi connectivity index (χ0n) is 21.3. The number of hydrogen-bond donors (Lipinski definition) is 2. The number of rotatable bonds is 8. The van der Waals surface area contributed by atoms with Crippen LogP contribution in [0.25, 0.3) is 16.8 Å². The summed E-state index contributed by atoms with van der Waals surface area (Å²) < 4.78 is 13.1. The van der Waals surface area contributed by atoms with Crippen molar-refractivity contribution in [2.45, 2.75) is 31.7 Å². The molecule has 0 spiro atoms. The number of nitrogens with one attached hydrogen (secondary N) is 1. The number of hydrogen-bond acceptors (Lipinski definition) is 7. The van der Waals surface area contributed by atoms with Crippen molar-refractivity contribution < 1.29 is 14.3 Å². The second kappa shape index (κ2) is 10.5. The first-order valence-electron chi connectivity index (χ1n) is 12.4. The Morgan fingerprint density at radius 3 is 2.54 bits per heavy atom. The lowest BCUT2D eigenvalue weighted by atomic mass is 9.88. The number of para-hydroxylation sites is 1. The van der Waals surface area contributed by atoms with E-state index in [9.17, 15) is 4.79 Å². The van der Waals surface area contributed by atoms with E-state index in [-0.39, 0.29) is 11.9 Å². The van der Waals surface area contributed by atoms with E-state index >= 15 is 0 Å². The summed E-state index contributed by atoms with van der Waals surface area (Å²) in [6, 6.07) is 17.8. The molecule has 1 saturated heterocycles. The van der Waals surface area contributed by atoms with Crippen LogP contribution in [0.15, 0.2) is 60.8 Å². The van der Waals surface area contributed by atoms with Crippen LogP contribution in [0.2, 0.25) is 0 Å². The SMILES string of the molecule is COc1cc(C2CCN(C(C)C(N)=O)CC2)ccc1Nc1ncc2ccc(-c3ccccc3OC)n2n1. The maximum absolute atomic E-state index is 11.5. The lowest BCUT2D eigenvalue weighted by Crippen LogP contribution is -2.46. The molecule has 1 fully saturated rings. The predicted octanol–water partition coefficient (Wildman–Crippen LogP) is 4.21. The molecule has 9 nitrogen and oxygen atoms in total. The zero-order chi connectivity index (χ0) is 25.9. The number of fused-ring (bicyclic) bond motifs is 1. The molecule has 5 rings (SSSR count). The molecule has 9 heteroatoms. The molecule has 4 aromatic rings. The molecular weight excluding hydrogens is 468 g/mol. The maximum atomic E-state index is 11.5. The van der Waals surface area contributed by atoms with Crippen molar-refractivity contribution in [1.29, 1.82) is 0 Å². The summed E-state index contributed by atoms with van der Waals surface area (Å²) in [4.78, 5) is 18.2. The maximum Gasteiger partial charge on any atom is 0.245 e. The minimum absolute atomic E-state index is 0.233. The molecule has 1 amide bonds. The third-order valence-corrected chi connectivity index (χ3v) is 7.21. The Morgan fingerprint density at radius 1 is 1.05 bits per heavy atom. The first kappa shape index (κ1) is 24.6. The average molecular weight is 501 g/mol. The molecule has 0 saturated carbocycles. The number of likely N-dealkylation sites (tertiary alicyclic amines) is 1. The van der Waals surface area contributed by atoms with E-state index in [0.717, 1.165) is 59.9 Å². The number of ether oxygens (including phenoxy) is 2. The first-order valence-corrected chi connectivity index (χ1v) is 12.4. The topological polar surface area (TPSA) is 107 Å². The molecule has 3 N–H and O–H groups in total. The summed E-state index contributed by atoms with van der Waals surface area (Å²) in [5, 5.41) is 8.07. The number of anilines is 2. The summed E-state index contributed by atoms with van der Waals surface area (Å²) in [5.74, 6) is 2.09. The minimum atomic E-state index is -0.272. The summed E-state index contributed by atoms with van der Waals surface area (Å²) >= 11 is 0. The highest BCUT2D eigenvalue weighted by Gasteiger charge is 2.26. The van der Waals surface area contributed by atoms with E-state index in [0.29, 0.717) is 11.9 Å². The Morgan fingerprint density at radius 2 is 1.81 bits per heavy atom. The number of benzene rings is 2. The van der Waals surface area contributed by atoms with E-state index in [1.807, 2.05) is 53.9 Å². The smallest absolute Gasteiger partial charge is 0.245 e. The molecule has 2 aromatic heterocycles. The molecule has 2 aromatic carbocycles. The molecule has 37 heavy (non-hydrogen) atoms. The summed E-state index contributed by atoms with van der Waals surface area (Å²) in [7, 11) is 3.33. The standard InChI is InChI=1S/C28H32N6O3/c1-18(27(29)35)33-14-12-19(13-15-33)20-8-10-23(26(16-20)37-3)31-28-30-17-21-9-11-24(34(21)32-28)22-6-4-5-7-25(22)36-2/h4-11,16-19H,12-15H2,1-3H3,(H2,29,35)(H,31,32). The average Bonchev–Trinajstić information content (AvgIpc) is 3.36. The largest absolute Gasteiger partial charge is 0.496 e. The van der Waals surface area contributed by atoms with Crippen molar-refractivity contribution in [3.05, 3.63) is 66.4 Å². The molecule has 3 heterocycles. The first-order chi connectivity index (χ1) is 18.0. The second-order valence-corrected chi connectivity index (χ2v) is 9.31.